The van der Waals surface area contributed by atoms with Crippen molar-refractivity contribution in [3.05, 3.63) is 23.5 Å². The second-order valence-electron chi connectivity index (χ2n) is 11.6. The van der Waals surface area contributed by atoms with Gasteiger partial charge in [0.05, 0.1) is 12.2 Å². The molecule has 3 aliphatic rings. The van der Waals surface area contributed by atoms with E-state index in [1.807, 2.05) is 13.8 Å². The third-order valence-electron chi connectivity index (χ3n) is 7.79. The average Bonchev–Trinajstić information content (AvgIpc) is 3.24. The number of pyridine rings is 1. The predicted molar refractivity (Wildman–Crippen MR) is 133 cm³/mol. The van der Waals surface area contributed by atoms with Gasteiger partial charge in [0.25, 0.3) is 5.92 Å². The Morgan fingerprint density at radius 1 is 1.29 bits per heavy atom. The highest BCUT2D eigenvalue weighted by molar-refractivity contribution is 5.97. The van der Waals surface area contributed by atoms with Crippen LogP contribution in [0.1, 0.15) is 65.1 Å². The standard InChI is InChI=1S/C26H41F2N5O2/c1-6-7-26(27,28)22-9-21-20(11-30-22)25(4,5)16-33(21)24(35)15-31-13-18(3)29-10-19(31)14-32-12-17(2)8-23(32)34/h9,11,17-19,23,29,34H,6-8,10,12-16H2,1-5H3/t17-,18+,19+,23?/m0/s1. The normalized spacial score (nSPS) is 29.5. The molecule has 2 fully saturated rings. The fourth-order valence-electron chi connectivity index (χ4n) is 5.86. The molecule has 2 N–H and O–H groups in total. The van der Waals surface area contributed by atoms with E-state index in [-0.39, 0.29) is 42.1 Å². The minimum absolute atomic E-state index is 0.0813. The fraction of sp³-hybridized carbons (Fsp3) is 0.769. The summed E-state index contributed by atoms with van der Waals surface area (Å²) in [6.45, 7) is 13.7. The summed E-state index contributed by atoms with van der Waals surface area (Å²) < 4.78 is 29.3. The van der Waals surface area contributed by atoms with Gasteiger partial charge in [0.15, 0.2) is 0 Å². The molecule has 0 radical (unpaired) electrons. The molecule has 0 aliphatic carbocycles. The molecule has 4 atom stereocenters. The topological polar surface area (TPSA) is 71.9 Å². The van der Waals surface area contributed by atoms with Crippen molar-refractivity contribution in [2.45, 2.75) is 83.5 Å². The maximum absolute atomic E-state index is 14.7. The Kier molecular flexibility index (Phi) is 7.53. The quantitative estimate of drug-likeness (QED) is 0.609. The Bertz CT molecular complexity index is 927. The fourth-order valence-corrected chi connectivity index (χ4v) is 5.86. The highest BCUT2D eigenvalue weighted by Crippen LogP contribution is 2.43. The number of hydrogen-bond acceptors (Lipinski definition) is 6. The van der Waals surface area contributed by atoms with Crippen molar-refractivity contribution in [3.63, 3.8) is 0 Å². The number of aromatic nitrogens is 1. The van der Waals surface area contributed by atoms with Crippen molar-refractivity contribution in [1.29, 1.82) is 0 Å². The molecule has 4 rings (SSSR count). The molecule has 0 aromatic carbocycles. The summed E-state index contributed by atoms with van der Waals surface area (Å²) in [7, 11) is 0. The number of rotatable bonds is 7. The lowest BCUT2D eigenvalue weighted by Crippen LogP contribution is -2.61. The van der Waals surface area contributed by atoms with Gasteiger partial charge in [-0.25, -0.2) is 0 Å². The van der Waals surface area contributed by atoms with Gasteiger partial charge in [-0.3, -0.25) is 19.6 Å². The van der Waals surface area contributed by atoms with E-state index < -0.39 is 12.2 Å². The first-order valence-corrected chi connectivity index (χ1v) is 13.0. The summed E-state index contributed by atoms with van der Waals surface area (Å²) in [4.78, 5) is 23.7. The second-order valence-corrected chi connectivity index (χ2v) is 11.6. The van der Waals surface area contributed by atoms with Crippen LogP contribution in [0.2, 0.25) is 0 Å². The number of carbonyl (C=O) groups is 1. The van der Waals surface area contributed by atoms with Gasteiger partial charge in [0.2, 0.25) is 5.91 Å². The summed E-state index contributed by atoms with van der Waals surface area (Å²) in [5.41, 5.74) is 0.771. The number of hydrogen-bond donors (Lipinski definition) is 2. The van der Waals surface area contributed by atoms with Gasteiger partial charge in [-0.1, -0.05) is 34.1 Å². The summed E-state index contributed by atoms with van der Waals surface area (Å²) in [5.74, 6) is -2.65. The van der Waals surface area contributed by atoms with Crippen LogP contribution in [0, 0.1) is 5.92 Å². The number of likely N-dealkylation sites (tertiary alicyclic amines) is 1. The number of piperazine rings is 1. The Hall–Kier alpha value is -1.68. The first kappa shape index (κ1) is 26.4. The largest absolute Gasteiger partial charge is 0.378 e. The molecule has 0 spiro atoms. The van der Waals surface area contributed by atoms with Crippen LogP contribution < -0.4 is 10.2 Å². The number of carbonyl (C=O) groups excluding carboxylic acids is 1. The van der Waals surface area contributed by atoms with Crippen LogP contribution in [0.3, 0.4) is 0 Å². The average molecular weight is 494 g/mol. The van der Waals surface area contributed by atoms with E-state index in [9.17, 15) is 18.7 Å². The Balaban J connectivity index is 1.53. The summed E-state index contributed by atoms with van der Waals surface area (Å²) in [6, 6.07) is 1.76. The number of anilines is 1. The maximum Gasteiger partial charge on any atom is 0.289 e. The van der Waals surface area contributed by atoms with Crippen LogP contribution in [0.15, 0.2) is 12.3 Å². The van der Waals surface area contributed by atoms with E-state index in [2.05, 4.69) is 33.9 Å². The molecule has 0 saturated carbocycles. The van der Waals surface area contributed by atoms with Gasteiger partial charge in [-0.2, -0.15) is 8.78 Å². The van der Waals surface area contributed by atoms with Crippen molar-refractivity contribution in [3.8, 4) is 0 Å². The third-order valence-corrected chi connectivity index (χ3v) is 7.79. The van der Waals surface area contributed by atoms with E-state index in [4.69, 9.17) is 0 Å². The number of nitrogens with zero attached hydrogens (tertiary/aromatic N) is 4. The lowest BCUT2D eigenvalue weighted by atomic mass is 9.88. The van der Waals surface area contributed by atoms with Crippen molar-refractivity contribution in [1.82, 2.24) is 20.1 Å². The number of alkyl halides is 2. The smallest absolute Gasteiger partial charge is 0.289 e. The lowest BCUT2D eigenvalue weighted by Gasteiger charge is -2.41. The number of fused-ring (bicyclic) bond motifs is 1. The molecule has 3 aliphatic heterocycles. The second kappa shape index (κ2) is 10.00. The number of halogens is 2. The van der Waals surface area contributed by atoms with Crippen LogP contribution in [0.25, 0.3) is 0 Å². The van der Waals surface area contributed by atoms with Crippen LogP contribution in [0.4, 0.5) is 14.5 Å². The summed E-state index contributed by atoms with van der Waals surface area (Å²) in [6.07, 6.45) is 1.95. The Labute approximate surface area is 207 Å². The van der Waals surface area contributed by atoms with Crippen molar-refractivity contribution in [2.24, 2.45) is 5.92 Å². The molecule has 1 aromatic rings. The number of aliphatic hydroxyl groups is 1. The zero-order valence-corrected chi connectivity index (χ0v) is 21.7. The molecule has 2 saturated heterocycles. The van der Waals surface area contributed by atoms with Crippen molar-refractivity contribution < 1.29 is 18.7 Å². The Morgan fingerprint density at radius 2 is 2.03 bits per heavy atom. The van der Waals surface area contributed by atoms with Gasteiger partial charge in [-0.15, -0.1) is 0 Å². The Morgan fingerprint density at radius 3 is 2.69 bits per heavy atom. The molecular formula is C26H41F2N5O2. The molecular weight excluding hydrogens is 452 g/mol. The molecule has 0 bridgehead atoms. The van der Waals surface area contributed by atoms with E-state index in [0.717, 1.165) is 31.6 Å². The van der Waals surface area contributed by atoms with Gasteiger partial charge >= 0.3 is 0 Å². The predicted octanol–water partition coefficient (Wildman–Crippen LogP) is 2.92. The highest BCUT2D eigenvalue weighted by Gasteiger charge is 2.42. The van der Waals surface area contributed by atoms with Gasteiger partial charge in [0.1, 0.15) is 11.9 Å². The first-order chi connectivity index (χ1) is 16.4. The van der Waals surface area contributed by atoms with Crippen LogP contribution in [-0.4, -0.2) is 83.4 Å². The SMILES string of the molecule is CCCC(F)(F)c1cc2c(cn1)C(C)(C)CN2C(=O)CN1C[C@@H](C)NC[C@@H]1CN1C[C@@H](C)CC1O. The van der Waals surface area contributed by atoms with E-state index in [1.165, 1.54) is 12.3 Å². The molecule has 7 nitrogen and oxygen atoms in total. The minimum atomic E-state index is -3.02. The maximum atomic E-state index is 14.7. The molecule has 196 valence electrons. The third kappa shape index (κ3) is 5.53. The van der Waals surface area contributed by atoms with Crippen molar-refractivity contribution in [2.75, 3.05) is 44.2 Å². The monoisotopic (exact) mass is 493 g/mol. The molecule has 35 heavy (non-hydrogen) atoms. The zero-order chi connectivity index (χ0) is 25.5. The van der Waals surface area contributed by atoms with Gasteiger partial charge in [-0.05, 0) is 25.3 Å². The van der Waals surface area contributed by atoms with Crippen molar-refractivity contribution >= 4 is 11.6 Å². The summed E-state index contributed by atoms with van der Waals surface area (Å²) >= 11 is 0. The van der Waals surface area contributed by atoms with Crippen LogP contribution in [0.5, 0.6) is 0 Å². The number of aliphatic hydroxyl groups excluding tert-OH is 1. The van der Waals surface area contributed by atoms with E-state index in [0.29, 0.717) is 31.1 Å². The lowest BCUT2D eigenvalue weighted by molar-refractivity contribution is -0.121. The van der Waals surface area contributed by atoms with Gasteiger partial charge < -0.3 is 15.3 Å². The van der Waals surface area contributed by atoms with E-state index >= 15 is 0 Å². The molecule has 1 unspecified atom stereocenters. The molecule has 4 heterocycles. The van der Waals surface area contributed by atoms with E-state index in [1.54, 1.807) is 11.8 Å². The molecule has 1 amide bonds. The highest BCUT2D eigenvalue weighted by atomic mass is 19.3. The van der Waals surface area contributed by atoms with Gasteiger partial charge in [0, 0.05) is 68.4 Å². The number of nitrogens with one attached hydrogen (secondary N) is 1. The summed E-state index contributed by atoms with van der Waals surface area (Å²) in [5, 5.41) is 13.9. The van der Waals surface area contributed by atoms with Crippen LogP contribution >= 0.6 is 0 Å². The minimum Gasteiger partial charge on any atom is -0.378 e. The number of amides is 1. The van der Waals surface area contributed by atoms with Crippen LogP contribution in [-0.2, 0) is 16.1 Å². The molecule has 9 heteroatoms. The zero-order valence-electron chi connectivity index (χ0n) is 21.7. The molecule has 1 aromatic heterocycles. The first-order valence-electron chi connectivity index (χ1n) is 13.0.